The number of nitrogens with zero attached hydrogens (tertiary/aromatic N) is 2. The summed E-state index contributed by atoms with van der Waals surface area (Å²) in [6, 6.07) is 59.3. The Morgan fingerprint density at radius 3 is 0.970 bits per heavy atom. The molecular weight excluding hydrogens is 821 g/mol. The molecule has 0 unspecified atom stereocenters. The Kier molecular flexibility index (Phi) is 8.04. The highest BCUT2D eigenvalue weighted by Gasteiger charge is 2.23. The van der Waals surface area contributed by atoms with Crippen LogP contribution in [0.4, 0.5) is 0 Å². The molecule has 0 saturated carbocycles. The number of furan rings is 2. The summed E-state index contributed by atoms with van der Waals surface area (Å²) < 4.78 is 15.8. The Hall–Kier alpha value is -9.14. The number of carbonyl (C=O) groups is 4. The van der Waals surface area contributed by atoms with Crippen LogP contribution in [0.1, 0.15) is 52.6 Å². The lowest BCUT2D eigenvalue weighted by atomic mass is 9.97. The van der Waals surface area contributed by atoms with Crippen LogP contribution in [-0.4, -0.2) is 32.5 Å². The maximum Gasteiger partial charge on any atom is 0.262 e. The molecule has 9 aromatic carbocycles. The molecule has 0 N–H and O–H groups in total. The summed E-state index contributed by atoms with van der Waals surface area (Å²) in [5.41, 5.74) is 8.43. The van der Waals surface area contributed by atoms with Gasteiger partial charge in [-0.25, -0.2) is 0 Å². The zero-order valence-electron chi connectivity index (χ0n) is 34.8. The first kappa shape index (κ1) is 37.4. The molecule has 0 radical (unpaired) electrons. The molecule has 66 heavy (non-hydrogen) atoms. The van der Waals surface area contributed by atoms with Crippen molar-refractivity contribution in [2.24, 2.45) is 0 Å². The number of fused-ring (bicyclic) bond motifs is 12. The van der Waals surface area contributed by atoms with Crippen molar-refractivity contribution in [2.75, 3.05) is 0 Å². The van der Waals surface area contributed by atoms with Gasteiger partial charge in [0.05, 0.1) is 22.1 Å². The van der Waals surface area contributed by atoms with Gasteiger partial charge in [-0.1, -0.05) is 121 Å². The van der Waals surface area contributed by atoms with Gasteiger partial charge in [0.25, 0.3) is 11.8 Å². The van der Waals surface area contributed by atoms with Gasteiger partial charge < -0.3 is 8.83 Å². The lowest BCUT2D eigenvalue weighted by Crippen LogP contribution is -2.12. The minimum atomic E-state index is -0.244. The van der Waals surface area contributed by atoms with E-state index in [1.807, 2.05) is 109 Å². The summed E-state index contributed by atoms with van der Waals surface area (Å²) in [5, 5.41) is 7.80. The maximum atomic E-state index is 14.3. The van der Waals surface area contributed by atoms with Crippen LogP contribution in [0.2, 0.25) is 0 Å². The maximum absolute atomic E-state index is 14.3. The Morgan fingerprint density at radius 2 is 0.591 bits per heavy atom. The number of hydrogen-bond donors (Lipinski definition) is 0. The molecule has 13 rings (SSSR count). The Morgan fingerprint density at radius 1 is 0.273 bits per heavy atom. The molecule has 310 valence electrons. The fourth-order valence-corrected chi connectivity index (χ4v) is 9.71. The molecule has 0 aliphatic carbocycles. The zero-order chi connectivity index (χ0) is 44.2. The van der Waals surface area contributed by atoms with Crippen LogP contribution < -0.4 is 0 Å². The van der Waals surface area contributed by atoms with E-state index in [0.29, 0.717) is 44.5 Å². The van der Waals surface area contributed by atoms with Gasteiger partial charge in [-0.15, -0.1) is 0 Å². The van der Waals surface area contributed by atoms with Crippen LogP contribution in [0.25, 0.3) is 87.5 Å². The first-order valence-corrected chi connectivity index (χ1v) is 21.6. The van der Waals surface area contributed by atoms with E-state index in [-0.39, 0.29) is 23.4 Å². The van der Waals surface area contributed by atoms with Gasteiger partial charge in [-0.2, -0.15) is 0 Å². The molecule has 0 fully saturated rings. The van der Waals surface area contributed by atoms with Gasteiger partial charge in [0.1, 0.15) is 22.3 Å². The predicted molar refractivity (Wildman–Crippen MR) is 259 cm³/mol. The van der Waals surface area contributed by atoms with Gasteiger partial charge >= 0.3 is 0 Å². The Labute approximate surface area is 374 Å². The molecule has 4 heterocycles. The number of hydrogen-bond acceptors (Lipinski definition) is 6. The van der Waals surface area contributed by atoms with Crippen molar-refractivity contribution in [3.05, 3.63) is 228 Å². The standard InChI is InChI=1S/C58H32N2O6/c61-55(35-21-25-37(26-22-35)57(63)59-47-13-5-1-9-39(47)43-29-45-41-11-3-7-15-51(41)65-53(45)31-49(43)59)33-17-19-34(20-18-33)56(62)36-23-27-38(28-24-36)58(64)60-48-14-6-2-10-40(48)44-30-46-42-12-4-8-16-52(42)66-54(46)32-50(44)60/h1-32H. The number of para-hydroxylation sites is 4. The SMILES string of the molecule is O=C(c1ccc(C(=O)c2ccc(C(=O)n3c4ccccc4c4cc5c(cc43)oc3ccccc35)cc2)cc1)c1ccc(C(=O)n2c3ccccc3c3cc4c(cc32)oc2ccccc24)cc1. The molecule has 8 nitrogen and oxygen atoms in total. The third-order valence-corrected chi connectivity index (χ3v) is 12.9. The van der Waals surface area contributed by atoms with Gasteiger partial charge in [0, 0.05) is 88.6 Å². The highest BCUT2D eigenvalue weighted by molar-refractivity contribution is 6.23. The molecule has 13 aromatic rings. The molecule has 0 atom stereocenters. The summed E-state index contributed by atoms with van der Waals surface area (Å²) >= 11 is 0. The summed E-state index contributed by atoms with van der Waals surface area (Å²) in [6.07, 6.45) is 0. The van der Waals surface area contributed by atoms with Crippen LogP contribution >= 0.6 is 0 Å². The van der Waals surface area contributed by atoms with E-state index in [1.54, 1.807) is 81.9 Å². The summed E-state index contributed by atoms with van der Waals surface area (Å²) in [5.74, 6) is -0.947. The van der Waals surface area contributed by atoms with Crippen molar-refractivity contribution in [1.29, 1.82) is 0 Å². The second-order valence-electron chi connectivity index (χ2n) is 16.6. The molecule has 0 saturated heterocycles. The van der Waals surface area contributed by atoms with Crippen LogP contribution in [0.15, 0.2) is 203 Å². The number of carbonyl (C=O) groups excluding carboxylic acids is 4. The normalized spacial score (nSPS) is 11.9. The van der Waals surface area contributed by atoms with Crippen molar-refractivity contribution < 1.29 is 28.0 Å². The highest BCUT2D eigenvalue weighted by Crippen LogP contribution is 2.39. The third kappa shape index (κ3) is 5.58. The third-order valence-electron chi connectivity index (χ3n) is 12.9. The van der Waals surface area contributed by atoms with Crippen molar-refractivity contribution in [1.82, 2.24) is 9.13 Å². The van der Waals surface area contributed by atoms with Gasteiger partial charge in [-0.3, -0.25) is 28.3 Å². The molecule has 8 heteroatoms. The van der Waals surface area contributed by atoms with Crippen molar-refractivity contribution in [3.8, 4) is 0 Å². The van der Waals surface area contributed by atoms with Crippen molar-refractivity contribution in [3.63, 3.8) is 0 Å². The molecular formula is C58H32N2O6. The van der Waals surface area contributed by atoms with Gasteiger partial charge in [0.2, 0.25) is 0 Å². The van der Waals surface area contributed by atoms with Crippen LogP contribution in [0, 0.1) is 0 Å². The van der Waals surface area contributed by atoms with E-state index in [1.165, 1.54) is 0 Å². The van der Waals surface area contributed by atoms with E-state index in [0.717, 1.165) is 76.3 Å². The van der Waals surface area contributed by atoms with Crippen LogP contribution in [0.5, 0.6) is 0 Å². The Balaban J connectivity index is 0.748. The quantitative estimate of drug-likeness (QED) is 0.154. The second kappa shape index (κ2) is 14.2. The zero-order valence-corrected chi connectivity index (χ0v) is 34.8. The van der Waals surface area contributed by atoms with E-state index >= 15 is 0 Å². The van der Waals surface area contributed by atoms with Gasteiger partial charge in [0.15, 0.2) is 11.6 Å². The van der Waals surface area contributed by atoms with Gasteiger partial charge in [-0.05, 0) is 60.7 Å². The first-order chi connectivity index (χ1) is 32.4. The summed E-state index contributed by atoms with van der Waals surface area (Å²) in [4.78, 5) is 55.9. The minimum absolute atomic E-state index is 0.229. The van der Waals surface area contributed by atoms with Crippen LogP contribution in [-0.2, 0) is 0 Å². The van der Waals surface area contributed by atoms with Crippen molar-refractivity contribution >= 4 is 111 Å². The lowest BCUT2D eigenvalue weighted by molar-refractivity contribution is 0.0961. The predicted octanol–water partition coefficient (Wildman–Crippen LogP) is 13.5. The smallest absolute Gasteiger partial charge is 0.262 e. The molecule has 0 spiro atoms. The minimum Gasteiger partial charge on any atom is -0.456 e. The fraction of sp³-hybridized carbons (Fsp3) is 0. The summed E-state index contributed by atoms with van der Waals surface area (Å²) in [7, 11) is 0. The second-order valence-corrected chi connectivity index (χ2v) is 16.6. The van der Waals surface area contributed by atoms with E-state index in [2.05, 4.69) is 12.1 Å². The summed E-state index contributed by atoms with van der Waals surface area (Å²) in [6.45, 7) is 0. The number of benzene rings is 9. The molecule has 0 aliphatic heterocycles. The van der Waals surface area contributed by atoms with E-state index in [4.69, 9.17) is 8.83 Å². The lowest BCUT2D eigenvalue weighted by Gasteiger charge is -2.09. The molecule has 0 aliphatic rings. The highest BCUT2D eigenvalue weighted by atomic mass is 16.3. The fourth-order valence-electron chi connectivity index (χ4n) is 9.71. The average Bonchev–Trinajstić information content (AvgIpc) is 4.11. The number of rotatable bonds is 6. The first-order valence-electron chi connectivity index (χ1n) is 21.6. The topological polar surface area (TPSA) is 104 Å². The average molecular weight is 853 g/mol. The molecule has 0 amide bonds. The van der Waals surface area contributed by atoms with E-state index < -0.39 is 0 Å². The van der Waals surface area contributed by atoms with E-state index in [9.17, 15) is 19.2 Å². The number of aromatic nitrogens is 2. The van der Waals surface area contributed by atoms with Crippen molar-refractivity contribution in [2.45, 2.75) is 0 Å². The Bertz CT molecular complexity index is 3950. The molecule has 4 aromatic heterocycles. The monoisotopic (exact) mass is 852 g/mol. The molecule has 0 bridgehead atoms. The largest absolute Gasteiger partial charge is 0.456 e. The number of ketones is 2. The van der Waals surface area contributed by atoms with Crippen LogP contribution in [0.3, 0.4) is 0 Å².